The van der Waals surface area contributed by atoms with Crippen LogP contribution in [-0.4, -0.2) is 44.0 Å². The Bertz CT molecular complexity index is 1000. The zero-order valence-electron chi connectivity index (χ0n) is 16.8. The van der Waals surface area contributed by atoms with Crippen LogP contribution in [0.15, 0.2) is 46.9 Å². The second kappa shape index (κ2) is 7.68. The number of carbonyl (C=O) groups excluding carboxylic acids is 1. The van der Waals surface area contributed by atoms with Crippen LogP contribution in [0, 0.1) is 6.92 Å². The summed E-state index contributed by atoms with van der Waals surface area (Å²) in [4.78, 5) is 17.7. The Labute approximate surface area is 165 Å². The number of rotatable bonds is 4. The molecule has 4 rings (SSSR count). The van der Waals surface area contributed by atoms with Crippen LogP contribution in [0.25, 0.3) is 11.0 Å². The molecule has 0 aliphatic carbocycles. The average molecular weight is 377 g/mol. The van der Waals surface area contributed by atoms with Gasteiger partial charge in [-0.25, -0.2) is 0 Å². The highest BCUT2D eigenvalue weighted by atomic mass is 16.3. The Morgan fingerprint density at radius 1 is 1.11 bits per heavy atom. The van der Waals surface area contributed by atoms with E-state index in [9.17, 15) is 4.79 Å². The SMILES string of the molecule is CCc1ccc2oc(C(=O)Nc3ccccc3N3CCN(C)CC3)c(C)c2c1. The largest absolute Gasteiger partial charge is 0.451 e. The predicted molar refractivity (Wildman–Crippen MR) is 114 cm³/mol. The first kappa shape index (κ1) is 18.6. The van der Waals surface area contributed by atoms with Gasteiger partial charge in [-0.15, -0.1) is 0 Å². The molecule has 2 aromatic carbocycles. The third-order valence-electron chi connectivity index (χ3n) is 5.61. The predicted octanol–water partition coefficient (Wildman–Crippen LogP) is 4.31. The molecule has 5 heteroatoms. The van der Waals surface area contributed by atoms with Crippen molar-refractivity contribution in [1.82, 2.24) is 4.90 Å². The number of nitrogens with zero attached hydrogens (tertiary/aromatic N) is 2. The van der Waals surface area contributed by atoms with Gasteiger partial charge in [0.25, 0.3) is 5.91 Å². The average Bonchev–Trinajstić information content (AvgIpc) is 3.05. The molecule has 0 radical (unpaired) electrons. The maximum atomic E-state index is 13.0. The highest BCUT2D eigenvalue weighted by molar-refractivity contribution is 6.07. The van der Waals surface area contributed by atoms with Crippen LogP contribution >= 0.6 is 0 Å². The van der Waals surface area contributed by atoms with E-state index in [1.165, 1.54) is 5.56 Å². The highest BCUT2D eigenvalue weighted by Crippen LogP contribution is 2.30. The van der Waals surface area contributed by atoms with Crippen LogP contribution < -0.4 is 10.2 Å². The van der Waals surface area contributed by atoms with Gasteiger partial charge in [0.05, 0.1) is 11.4 Å². The van der Waals surface area contributed by atoms with E-state index in [0.29, 0.717) is 5.76 Å². The number of fused-ring (bicyclic) bond motifs is 1. The molecule has 0 bridgehead atoms. The number of furan rings is 1. The van der Waals surface area contributed by atoms with Crippen LogP contribution in [0.2, 0.25) is 0 Å². The standard InChI is InChI=1S/C23H27N3O2/c1-4-17-9-10-21-18(15-17)16(2)22(28-21)23(27)24-19-7-5-6-8-20(19)26-13-11-25(3)12-14-26/h5-10,15H,4,11-14H2,1-3H3,(H,24,27). The minimum absolute atomic E-state index is 0.201. The summed E-state index contributed by atoms with van der Waals surface area (Å²) in [7, 11) is 2.14. The molecule has 3 aromatic rings. The van der Waals surface area contributed by atoms with Crippen molar-refractivity contribution in [2.75, 3.05) is 43.4 Å². The van der Waals surface area contributed by atoms with Gasteiger partial charge >= 0.3 is 0 Å². The van der Waals surface area contributed by atoms with E-state index in [1.807, 2.05) is 31.2 Å². The summed E-state index contributed by atoms with van der Waals surface area (Å²) in [5.41, 5.74) is 4.77. The van der Waals surface area contributed by atoms with Gasteiger partial charge in [-0.05, 0) is 50.2 Å². The molecule has 0 unspecified atom stereocenters. The van der Waals surface area contributed by atoms with E-state index < -0.39 is 0 Å². The maximum absolute atomic E-state index is 13.0. The molecule has 1 aliphatic heterocycles. The first-order chi connectivity index (χ1) is 13.6. The molecule has 0 spiro atoms. The van der Waals surface area contributed by atoms with Crippen LogP contribution in [-0.2, 0) is 6.42 Å². The number of para-hydroxylation sites is 2. The van der Waals surface area contributed by atoms with Crippen molar-refractivity contribution in [3.8, 4) is 0 Å². The summed E-state index contributed by atoms with van der Waals surface area (Å²) >= 11 is 0. The summed E-state index contributed by atoms with van der Waals surface area (Å²) in [6.07, 6.45) is 0.959. The summed E-state index contributed by atoms with van der Waals surface area (Å²) in [6, 6.07) is 14.1. The molecule has 1 aliphatic rings. The number of amides is 1. The molecule has 1 aromatic heterocycles. The van der Waals surface area contributed by atoms with Crippen LogP contribution in [0.5, 0.6) is 0 Å². The third kappa shape index (κ3) is 3.50. The van der Waals surface area contributed by atoms with Crippen LogP contribution in [0.1, 0.15) is 28.6 Å². The highest BCUT2D eigenvalue weighted by Gasteiger charge is 2.21. The van der Waals surface area contributed by atoms with Crippen LogP contribution in [0.4, 0.5) is 11.4 Å². The Kier molecular flexibility index (Phi) is 5.09. The van der Waals surface area contributed by atoms with Gasteiger partial charge < -0.3 is 19.5 Å². The first-order valence-electron chi connectivity index (χ1n) is 9.92. The number of aryl methyl sites for hydroxylation is 2. The second-order valence-corrected chi connectivity index (χ2v) is 7.50. The van der Waals surface area contributed by atoms with Crippen molar-refractivity contribution in [2.45, 2.75) is 20.3 Å². The van der Waals surface area contributed by atoms with E-state index in [0.717, 1.165) is 60.5 Å². The zero-order valence-corrected chi connectivity index (χ0v) is 16.8. The van der Waals surface area contributed by atoms with Crippen LogP contribution in [0.3, 0.4) is 0 Å². The summed E-state index contributed by atoms with van der Waals surface area (Å²) < 4.78 is 5.90. The minimum atomic E-state index is -0.201. The smallest absolute Gasteiger partial charge is 0.291 e. The number of benzene rings is 2. The lowest BCUT2D eigenvalue weighted by Crippen LogP contribution is -2.44. The minimum Gasteiger partial charge on any atom is -0.451 e. The van der Waals surface area contributed by atoms with Gasteiger partial charge in [0, 0.05) is 37.1 Å². The van der Waals surface area contributed by atoms with E-state index in [4.69, 9.17) is 4.42 Å². The van der Waals surface area contributed by atoms with E-state index >= 15 is 0 Å². The number of carbonyl (C=O) groups is 1. The number of nitrogens with one attached hydrogen (secondary N) is 1. The van der Waals surface area contributed by atoms with Gasteiger partial charge in [0.15, 0.2) is 5.76 Å². The van der Waals surface area contributed by atoms with Gasteiger partial charge in [-0.3, -0.25) is 4.79 Å². The maximum Gasteiger partial charge on any atom is 0.291 e. The quantitative estimate of drug-likeness (QED) is 0.736. The fourth-order valence-electron chi connectivity index (χ4n) is 3.79. The molecule has 1 amide bonds. The Morgan fingerprint density at radius 3 is 2.61 bits per heavy atom. The fraction of sp³-hybridized carbons (Fsp3) is 0.348. The molecule has 28 heavy (non-hydrogen) atoms. The van der Waals surface area contributed by atoms with Crippen molar-refractivity contribution in [2.24, 2.45) is 0 Å². The summed E-state index contributed by atoms with van der Waals surface area (Å²) in [6.45, 7) is 8.02. The molecular weight excluding hydrogens is 350 g/mol. The van der Waals surface area contributed by atoms with Crippen molar-refractivity contribution < 1.29 is 9.21 Å². The molecular formula is C23H27N3O2. The lowest BCUT2D eigenvalue weighted by Gasteiger charge is -2.35. The van der Waals surface area contributed by atoms with Crippen molar-refractivity contribution >= 4 is 28.3 Å². The lowest BCUT2D eigenvalue weighted by molar-refractivity contribution is 0.0998. The van der Waals surface area contributed by atoms with Gasteiger partial charge in [0.1, 0.15) is 5.58 Å². The second-order valence-electron chi connectivity index (χ2n) is 7.50. The molecule has 2 heterocycles. The number of hydrogen-bond donors (Lipinski definition) is 1. The molecule has 1 fully saturated rings. The van der Waals surface area contributed by atoms with E-state index in [-0.39, 0.29) is 5.91 Å². The number of hydrogen-bond acceptors (Lipinski definition) is 4. The van der Waals surface area contributed by atoms with Gasteiger partial charge in [-0.1, -0.05) is 25.1 Å². The normalized spacial score (nSPS) is 15.2. The van der Waals surface area contributed by atoms with Gasteiger partial charge in [0.2, 0.25) is 0 Å². The lowest BCUT2D eigenvalue weighted by atomic mass is 10.1. The Balaban J connectivity index is 1.61. The zero-order chi connectivity index (χ0) is 19.7. The molecule has 0 atom stereocenters. The Morgan fingerprint density at radius 2 is 1.86 bits per heavy atom. The monoisotopic (exact) mass is 377 g/mol. The number of anilines is 2. The summed E-state index contributed by atoms with van der Waals surface area (Å²) in [5.74, 6) is 0.185. The van der Waals surface area contributed by atoms with Crippen molar-refractivity contribution in [1.29, 1.82) is 0 Å². The number of likely N-dealkylation sites (N-methyl/N-ethyl adjacent to an activating group) is 1. The molecule has 5 nitrogen and oxygen atoms in total. The topological polar surface area (TPSA) is 48.7 Å². The molecule has 1 N–H and O–H groups in total. The number of piperazine rings is 1. The molecule has 146 valence electrons. The first-order valence-corrected chi connectivity index (χ1v) is 9.92. The van der Waals surface area contributed by atoms with Crippen molar-refractivity contribution in [3.63, 3.8) is 0 Å². The van der Waals surface area contributed by atoms with E-state index in [2.05, 4.69) is 47.3 Å². The third-order valence-corrected chi connectivity index (χ3v) is 5.61. The van der Waals surface area contributed by atoms with E-state index in [1.54, 1.807) is 0 Å². The Hall–Kier alpha value is -2.79. The van der Waals surface area contributed by atoms with Gasteiger partial charge in [-0.2, -0.15) is 0 Å². The summed E-state index contributed by atoms with van der Waals surface area (Å²) in [5, 5.41) is 4.09. The molecule has 1 saturated heterocycles. The van der Waals surface area contributed by atoms with Crippen molar-refractivity contribution in [3.05, 3.63) is 59.4 Å². The molecule has 0 saturated carbocycles. The fourth-order valence-corrected chi connectivity index (χ4v) is 3.79.